The van der Waals surface area contributed by atoms with Crippen LogP contribution in [-0.2, 0) is 32.1 Å². The minimum atomic E-state index is -0.715. The summed E-state index contributed by atoms with van der Waals surface area (Å²) in [5, 5.41) is 8.57. The van der Waals surface area contributed by atoms with Crippen molar-refractivity contribution in [3.05, 3.63) is 18.7 Å². The largest absolute Gasteiger partial charge is 0.481 e. The molecule has 0 saturated heterocycles. The van der Waals surface area contributed by atoms with Gasteiger partial charge in [0.15, 0.2) is 0 Å². The molecule has 7 heteroatoms. The Bertz CT molecular complexity index is 422. The lowest BCUT2D eigenvalue weighted by atomic mass is 10.2. The van der Waals surface area contributed by atoms with Crippen LogP contribution < -0.4 is 4.57 Å². The molecular weight excluding hydrogens is 300 g/mol. The van der Waals surface area contributed by atoms with E-state index < -0.39 is 5.97 Å². The summed E-state index contributed by atoms with van der Waals surface area (Å²) in [5.74, 6) is -0.715. The molecule has 23 heavy (non-hydrogen) atoms. The van der Waals surface area contributed by atoms with Crippen LogP contribution in [0.1, 0.15) is 25.7 Å². The molecule has 0 atom stereocenters. The van der Waals surface area contributed by atoms with Crippen LogP contribution in [-0.4, -0.2) is 55.8 Å². The average molecular weight is 329 g/mol. The van der Waals surface area contributed by atoms with Gasteiger partial charge >= 0.3 is 5.97 Å². The number of imidazole rings is 1. The summed E-state index contributed by atoms with van der Waals surface area (Å²) < 4.78 is 19.9. The first-order chi connectivity index (χ1) is 11.2. The maximum Gasteiger partial charge on any atom is 0.303 e. The number of aryl methyl sites for hydroxylation is 1. The predicted molar refractivity (Wildman–Crippen MR) is 84.2 cm³/mol. The van der Waals surface area contributed by atoms with Gasteiger partial charge in [0.05, 0.1) is 39.6 Å². The standard InChI is InChI=1S/C16H28N2O5/c1-21-11-12-23-14-13-22-10-9-18-8-7-17(15-18)6-4-2-3-5-16(19)20/h7-8,15H,2-6,9-14H2,1H3/p+1. The van der Waals surface area contributed by atoms with Crippen molar-refractivity contribution in [3.8, 4) is 0 Å². The van der Waals surface area contributed by atoms with Gasteiger partial charge in [0, 0.05) is 13.5 Å². The van der Waals surface area contributed by atoms with Crippen molar-refractivity contribution in [1.82, 2.24) is 4.57 Å². The molecule has 1 N–H and O–H groups in total. The van der Waals surface area contributed by atoms with E-state index in [-0.39, 0.29) is 6.42 Å². The highest BCUT2D eigenvalue weighted by atomic mass is 16.5. The molecule has 0 aromatic carbocycles. The van der Waals surface area contributed by atoms with Gasteiger partial charge < -0.3 is 19.3 Å². The molecule has 1 aromatic rings. The van der Waals surface area contributed by atoms with E-state index in [9.17, 15) is 4.79 Å². The van der Waals surface area contributed by atoms with Gasteiger partial charge in [-0.05, 0) is 19.3 Å². The van der Waals surface area contributed by atoms with Crippen molar-refractivity contribution in [3.63, 3.8) is 0 Å². The van der Waals surface area contributed by atoms with Crippen LogP contribution in [0.15, 0.2) is 18.7 Å². The number of aromatic nitrogens is 2. The van der Waals surface area contributed by atoms with E-state index in [1.54, 1.807) is 7.11 Å². The Morgan fingerprint density at radius 1 is 1.09 bits per heavy atom. The number of carboxylic acids is 1. The second-order valence-corrected chi connectivity index (χ2v) is 5.31. The Balaban J connectivity index is 1.99. The maximum absolute atomic E-state index is 10.4. The fourth-order valence-corrected chi connectivity index (χ4v) is 2.08. The second-order valence-electron chi connectivity index (χ2n) is 5.31. The molecule has 0 spiro atoms. The summed E-state index contributed by atoms with van der Waals surface area (Å²) in [5.41, 5.74) is 0. The number of rotatable bonds is 15. The molecule has 0 saturated carbocycles. The second kappa shape index (κ2) is 13.0. The van der Waals surface area contributed by atoms with Gasteiger partial charge in [-0.15, -0.1) is 0 Å². The van der Waals surface area contributed by atoms with Gasteiger partial charge in [-0.1, -0.05) is 0 Å². The monoisotopic (exact) mass is 329 g/mol. The number of unbranched alkanes of at least 4 members (excludes halogenated alkanes) is 2. The first kappa shape index (κ1) is 19.6. The highest BCUT2D eigenvalue weighted by molar-refractivity contribution is 5.66. The van der Waals surface area contributed by atoms with Crippen molar-refractivity contribution in [2.24, 2.45) is 0 Å². The molecule has 1 rings (SSSR count). The summed E-state index contributed by atoms with van der Waals surface area (Å²) >= 11 is 0. The Morgan fingerprint density at radius 2 is 1.83 bits per heavy atom. The van der Waals surface area contributed by atoms with Crippen LogP contribution >= 0.6 is 0 Å². The molecule has 0 aliphatic heterocycles. The fourth-order valence-electron chi connectivity index (χ4n) is 2.08. The third-order valence-electron chi connectivity index (χ3n) is 3.35. The number of carbonyl (C=O) groups is 1. The molecule has 7 nitrogen and oxygen atoms in total. The van der Waals surface area contributed by atoms with E-state index in [0.29, 0.717) is 33.0 Å². The first-order valence-corrected chi connectivity index (χ1v) is 8.13. The number of ether oxygens (including phenoxy) is 3. The van der Waals surface area contributed by atoms with Crippen LogP contribution in [0.5, 0.6) is 0 Å². The van der Waals surface area contributed by atoms with Crippen LogP contribution in [0, 0.1) is 0 Å². The molecule has 0 bridgehead atoms. The van der Waals surface area contributed by atoms with Crippen LogP contribution in [0.25, 0.3) is 0 Å². The molecular formula is C16H29N2O5+. The highest BCUT2D eigenvalue weighted by Gasteiger charge is 2.04. The van der Waals surface area contributed by atoms with Gasteiger partial charge in [0.1, 0.15) is 18.9 Å². The molecule has 0 unspecified atom stereocenters. The normalized spacial score (nSPS) is 11.0. The molecule has 0 aliphatic carbocycles. The predicted octanol–water partition coefficient (Wildman–Crippen LogP) is 1.10. The van der Waals surface area contributed by atoms with Gasteiger partial charge in [-0.3, -0.25) is 4.79 Å². The summed E-state index contributed by atoms with van der Waals surface area (Å²) in [6.07, 6.45) is 9.05. The Hall–Kier alpha value is -1.44. The molecule has 0 amide bonds. The number of hydrogen-bond donors (Lipinski definition) is 1. The van der Waals surface area contributed by atoms with Gasteiger partial charge in [-0.2, -0.15) is 0 Å². The van der Waals surface area contributed by atoms with Gasteiger partial charge in [-0.25, -0.2) is 9.13 Å². The zero-order chi connectivity index (χ0) is 16.8. The van der Waals surface area contributed by atoms with Gasteiger partial charge in [0.25, 0.3) is 0 Å². The number of carboxylic acid groups (broad SMARTS) is 1. The zero-order valence-electron chi connectivity index (χ0n) is 14.0. The lowest BCUT2D eigenvalue weighted by Gasteiger charge is -2.04. The van der Waals surface area contributed by atoms with Crippen molar-refractivity contribution in [2.45, 2.75) is 38.8 Å². The van der Waals surface area contributed by atoms with Crippen LogP contribution in [0.3, 0.4) is 0 Å². The number of nitrogens with zero attached hydrogens (tertiary/aromatic N) is 2. The topological polar surface area (TPSA) is 73.8 Å². The first-order valence-electron chi connectivity index (χ1n) is 8.13. The van der Waals surface area contributed by atoms with Crippen molar-refractivity contribution in [2.75, 3.05) is 40.1 Å². The zero-order valence-corrected chi connectivity index (χ0v) is 14.0. The summed E-state index contributed by atoms with van der Waals surface area (Å²) in [6.45, 7) is 4.77. The quantitative estimate of drug-likeness (QED) is 0.385. The van der Waals surface area contributed by atoms with Crippen LogP contribution in [0.4, 0.5) is 0 Å². The Morgan fingerprint density at radius 3 is 2.57 bits per heavy atom. The molecule has 132 valence electrons. The minimum Gasteiger partial charge on any atom is -0.481 e. The Labute approximate surface area is 137 Å². The third kappa shape index (κ3) is 10.8. The van der Waals surface area contributed by atoms with E-state index in [2.05, 4.69) is 15.5 Å². The van der Waals surface area contributed by atoms with Gasteiger partial charge in [0.2, 0.25) is 6.33 Å². The number of methoxy groups -OCH3 is 1. The molecule has 1 aromatic heterocycles. The van der Waals surface area contributed by atoms with Crippen molar-refractivity contribution >= 4 is 5.97 Å². The average Bonchev–Trinajstić information content (AvgIpc) is 2.97. The molecule has 0 radical (unpaired) electrons. The number of aliphatic carboxylic acids is 1. The smallest absolute Gasteiger partial charge is 0.303 e. The van der Waals surface area contributed by atoms with E-state index in [1.807, 2.05) is 12.4 Å². The van der Waals surface area contributed by atoms with E-state index in [4.69, 9.17) is 19.3 Å². The SMILES string of the molecule is COCCOCCOCCn1cc[n+](CCCCCC(=O)O)c1. The van der Waals surface area contributed by atoms with Crippen molar-refractivity contribution < 1.29 is 28.7 Å². The van der Waals surface area contributed by atoms with E-state index in [1.165, 1.54) is 0 Å². The summed E-state index contributed by atoms with van der Waals surface area (Å²) in [4.78, 5) is 10.4. The molecule has 1 heterocycles. The highest BCUT2D eigenvalue weighted by Crippen LogP contribution is 1.99. The third-order valence-corrected chi connectivity index (χ3v) is 3.35. The lowest BCUT2D eigenvalue weighted by molar-refractivity contribution is -0.696. The Kier molecular flexibility index (Phi) is 11.1. The van der Waals surface area contributed by atoms with Crippen LogP contribution in [0.2, 0.25) is 0 Å². The molecule has 0 aliphatic rings. The minimum absolute atomic E-state index is 0.262. The van der Waals surface area contributed by atoms with Crippen molar-refractivity contribution in [1.29, 1.82) is 0 Å². The lowest BCUT2D eigenvalue weighted by Crippen LogP contribution is -2.31. The van der Waals surface area contributed by atoms with E-state index >= 15 is 0 Å². The number of hydrogen-bond acceptors (Lipinski definition) is 4. The maximum atomic E-state index is 10.4. The molecule has 0 fully saturated rings. The summed E-state index contributed by atoms with van der Waals surface area (Å²) in [7, 11) is 1.65. The fraction of sp³-hybridized carbons (Fsp3) is 0.750. The summed E-state index contributed by atoms with van der Waals surface area (Å²) in [6, 6.07) is 0. The van der Waals surface area contributed by atoms with E-state index in [0.717, 1.165) is 32.4 Å².